The molecule has 2 rings (SSSR count). The number of methoxy groups -OCH3 is 2. The predicted molar refractivity (Wildman–Crippen MR) is 57.1 cm³/mol. The van der Waals surface area contributed by atoms with Gasteiger partial charge in [0.2, 0.25) is 5.88 Å². The molecular formula is C11H16N2O3. The highest BCUT2D eigenvalue weighted by atomic mass is 16.5. The summed E-state index contributed by atoms with van der Waals surface area (Å²) in [4.78, 5) is 8.24. The number of aromatic nitrogens is 2. The third kappa shape index (κ3) is 1.88. The zero-order chi connectivity index (χ0) is 11.6. The van der Waals surface area contributed by atoms with Gasteiger partial charge in [0.05, 0.1) is 13.7 Å². The molecule has 5 nitrogen and oxygen atoms in total. The molecule has 1 aromatic heterocycles. The van der Waals surface area contributed by atoms with E-state index in [9.17, 15) is 5.11 Å². The summed E-state index contributed by atoms with van der Waals surface area (Å²) in [6, 6.07) is 0. The highest BCUT2D eigenvalue weighted by molar-refractivity contribution is 5.27. The third-order valence-electron chi connectivity index (χ3n) is 2.89. The molecule has 0 aromatic carbocycles. The number of aliphatic hydroxyl groups is 1. The highest BCUT2D eigenvalue weighted by Gasteiger charge is 2.48. The van der Waals surface area contributed by atoms with Crippen molar-refractivity contribution >= 4 is 0 Å². The molecule has 16 heavy (non-hydrogen) atoms. The molecule has 1 aliphatic carbocycles. The first kappa shape index (κ1) is 11.3. The van der Waals surface area contributed by atoms with Gasteiger partial charge in [-0.15, -0.1) is 0 Å². The topological polar surface area (TPSA) is 64.5 Å². The lowest BCUT2D eigenvalue weighted by Crippen LogP contribution is -2.35. The van der Waals surface area contributed by atoms with Gasteiger partial charge in [-0.25, -0.2) is 4.98 Å². The van der Waals surface area contributed by atoms with Crippen molar-refractivity contribution in [2.24, 2.45) is 5.92 Å². The van der Waals surface area contributed by atoms with Crippen molar-refractivity contribution in [1.29, 1.82) is 0 Å². The quantitative estimate of drug-likeness (QED) is 0.798. The minimum Gasteiger partial charge on any atom is -0.480 e. The number of nitrogens with zero attached hydrogens (tertiary/aromatic N) is 2. The summed E-state index contributed by atoms with van der Waals surface area (Å²) in [5.41, 5.74) is -0.601. The van der Waals surface area contributed by atoms with Gasteiger partial charge in [0.15, 0.2) is 0 Å². The van der Waals surface area contributed by atoms with Gasteiger partial charge in [-0.3, -0.25) is 4.98 Å². The molecule has 88 valence electrons. The maximum Gasteiger partial charge on any atom is 0.238 e. The van der Waals surface area contributed by atoms with Crippen LogP contribution in [0.4, 0.5) is 0 Å². The second-order valence-corrected chi connectivity index (χ2v) is 4.05. The Morgan fingerprint density at radius 3 is 2.62 bits per heavy atom. The van der Waals surface area contributed by atoms with Crippen LogP contribution in [-0.2, 0) is 10.3 Å². The molecule has 5 heteroatoms. The molecule has 0 amide bonds. The Kier molecular flexibility index (Phi) is 3.07. The summed E-state index contributed by atoms with van der Waals surface area (Å²) in [5.74, 6) is 0.562. The fourth-order valence-electron chi connectivity index (χ4n) is 1.93. The van der Waals surface area contributed by atoms with Crippen LogP contribution in [0.1, 0.15) is 18.5 Å². The van der Waals surface area contributed by atoms with Crippen LogP contribution in [0.15, 0.2) is 12.4 Å². The molecule has 1 aromatic rings. The largest absolute Gasteiger partial charge is 0.480 e. The van der Waals surface area contributed by atoms with Gasteiger partial charge in [0, 0.05) is 19.5 Å². The van der Waals surface area contributed by atoms with Gasteiger partial charge < -0.3 is 14.6 Å². The van der Waals surface area contributed by atoms with Crippen molar-refractivity contribution < 1.29 is 14.6 Å². The summed E-state index contributed by atoms with van der Waals surface area (Å²) >= 11 is 0. The molecule has 1 heterocycles. The second-order valence-electron chi connectivity index (χ2n) is 4.05. The Bertz CT molecular complexity index is 368. The Hall–Kier alpha value is -1.20. The highest BCUT2D eigenvalue weighted by Crippen LogP contribution is 2.46. The van der Waals surface area contributed by atoms with Crippen LogP contribution in [0.5, 0.6) is 5.88 Å². The fourth-order valence-corrected chi connectivity index (χ4v) is 1.93. The van der Waals surface area contributed by atoms with Crippen LogP contribution >= 0.6 is 0 Å². The molecule has 1 aliphatic rings. The van der Waals surface area contributed by atoms with Crippen molar-refractivity contribution in [3.8, 4) is 5.88 Å². The van der Waals surface area contributed by atoms with E-state index < -0.39 is 5.60 Å². The monoisotopic (exact) mass is 224 g/mol. The lowest BCUT2D eigenvalue weighted by atomic mass is 9.94. The molecule has 0 spiro atoms. The molecule has 0 radical (unpaired) electrons. The molecule has 1 atom stereocenters. The molecule has 1 unspecified atom stereocenters. The van der Waals surface area contributed by atoms with Crippen LogP contribution in [0, 0.1) is 5.92 Å². The van der Waals surface area contributed by atoms with Crippen molar-refractivity contribution in [3.05, 3.63) is 18.1 Å². The van der Waals surface area contributed by atoms with Crippen LogP contribution in [0.2, 0.25) is 0 Å². The van der Waals surface area contributed by atoms with Gasteiger partial charge in [-0.1, -0.05) is 0 Å². The van der Waals surface area contributed by atoms with Gasteiger partial charge >= 0.3 is 0 Å². The van der Waals surface area contributed by atoms with Crippen LogP contribution in [0.25, 0.3) is 0 Å². The lowest BCUT2D eigenvalue weighted by molar-refractivity contribution is -0.0582. The van der Waals surface area contributed by atoms with Crippen molar-refractivity contribution in [1.82, 2.24) is 9.97 Å². The summed E-state index contributed by atoms with van der Waals surface area (Å²) in [5, 5.41) is 10.6. The molecule has 0 saturated heterocycles. The zero-order valence-electron chi connectivity index (χ0n) is 9.51. The van der Waals surface area contributed by atoms with Gasteiger partial charge in [0.1, 0.15) is 11.3 Å². The van der Waals surface area contributed by atoms with E-state index in [4.69, 9.17) is 9.47 Å². The molecule has 0 bridgehead atoms. The zero-order valence-corrected chi connectivity index (χ0v) is 9.51. The van der Waals surface area contributed by atoms with Crippen molar-refractivity contribution in [2.45, 2.75) is 18.4 Å². The summed E-state index contributed by atoms with van der Waals surface area (Å²) in [6.07, 6.45) is 5.07. The van der Waals surface area contributed by atoms with E-state index in [1.165, 1.54) is 7.11 Å². The Morgan fingerprint density at radius 1 is 1.38 bits per heavy atom. The van der Waals surface area contributed by atoms with E-state index in [-0.39, 0.29) is 12.5 Å². The Balaban J connectivity index is 2.37. The predicted octanol–water partition coefficient (Wildman–Crippen LogP) is 0.729. The van der Waals surface area contributed by atoms with E-state index >= 15 is 0 Å². The molecule has 1 fully saturated rings. The van der Waals surface area contributed by atoms with Gasteiger partial charge in [-0.2, -0.15) is 0 Å². The molecule has 0 aliphatic heterocycles. The molecular weight excluding hydrogens is 208 g/mol. The van der Waals surface area contributed by atoms with Crippen molar-refractivity contribution in [2.75, 3.05) is 20.8 Å². The van der Waals surface area contributed by atoms with Crippen LogP contribution < -0.4 is 4.74 Å². The Labute approximate surface area is 94.4 Å². The van der Waals surface area contributed by atoms with Crippen LogP contribution in [-0.4, -0.2) is 35.9 Å². The minimum atomic E-state index is -1.08. The van der Waals surface area contributed by atoms with Crippen LogP contribution in [0.3, 0.4) is 0 Å². The number of rotatable bonds is 5. The first-order chi connectivity index (χ1) is 7.72. The second kappa shape index (κ2) is 4.35. The van der Waals surface area contributed by atoms with Gasteiger partial charge in [-0.05, 0) is 18.8 Å². The standard InChI is InChI=1S/C11H16N2O3/c1-15-7-11(14,8-3-4-8)9-10(16-2)13-6-5-12-9/h5-6,8,14H,3-4,7H2,1-2H3. The third-order valence-corrected chi connectivity index (χ3v) is 2.89. The molecule has 1 N–H and O–H groups in total. The first-order valence-electron chi connectivity index (χ1n) is 5.29. The lowest BCUT2D eigenvalue weighted by Gasteiger charge is -2.27. The van der Waals surface area contributed by atoms with Crippen molar-refractivity contribution in [3.63, 3.8) is 0 Å². The summed E-state index contributed by atoms with van der Waals surface area (Å²) in [7, 11) is 3.09. The minimum absolute atomic E-state index is 0.193. The summed E-state index contributed by atoms with van der Waals surface area (Å²) < 4.78 is 10.2. The van der Waals surface area contributed by atoms with E-state index in [1.807, 2.05) is 0 Å². The van der Waals surface area contributed by atoms with E-state index in [1.54, 1.807) is 19.5 Å². The molecule has 1 saturated carbocycles. The van der Waals surface area contributed by atoms with E-state index in [2.05, 4.69) is 9.97 Å². The number of hydrogen-bond acceptors (Lipinski definition) is 5. The smallest absolute Gasteiger partial charge is 0.238 e. The maximum absolute atomic E-state index is 10.6. The van der Waals surface area contributed by atoms with Gasteiger partial charge in [0.25, 0.3) is 0 Å². The number of hydrogen-bond donors (Lipinski definition) is 1. The van der Waals surface area contributed by atoms with E-state index in [0.29, 0.717) is 11.6 Å². The maximum atomic E-state index is 10.6. The number of ether oxygens (including phenoxy) is 2. The SMILES string of the molecule is COCC(O)(c1nccnc1OC)C1CC1. The average molecular weight is 224 g/mol. The first-order valence-corrected chi connectivity index (χ1v) is 5.29. The fraction of sp³-hybridized carbons (Fsp3) is 0.636. The normalized spacial score (nSPS) is 19.2. The Morgan fingerprint density at radius 2 is 2.06 bits per heavy atom. The summed E-state index contributed by atoms with van der Waals surface area (Å²) in [6.45, 7) is 0.215. The van der Waals surface area contributed by atoms with E-state index in [0.717, 1.165) is 12.8 Å². The average Bonchev–Trinajstić information content (AvgIpc) is 3.13.